The van der Waals surface area contributed by atoms with E-state index in [9.17, 15) is 4.79 Å². The maximum absolute atomic E-state index is 13.4. The van der Waals surface area contributed by atoms with Gasteiger partial charge in [-0.05, 0) is 47.7 Å². The molecule has 2 aromatic carbocycles. The molecule has 0 bridgehead atoms. The van der Waals surface area contributed by atoms with Gasteiger partial charge in [0, 0.05) is 33.3 Å². The molecule has 1 amide bonds. The fraction of sp³-hybridized carbons (Fsp3) is 0.292. The van der Waals surface area contributed by atoms with Crippen molar-refractivity contribution < 1.29 is 4.79 Å². The van der Waals surface area contributed by atoms with Crippen LogP contribution in [0.1, 0.15) is 53.9 Å². The third-order valence-corrected chi connectivity index (χ3v) is 7.42. The second-order valence-electron chi connectivity index (χ2n) is 7.45. The van der Waals surface area contributed by atoms with Crippen LogP contribution in [0.15, 0.2) is 59.5 Å². The normalized spacial score (nSPS) is 12.6. The van der Waals surface area contributed by atoms with Crippen molar-refractivity contribution in [3.63, 3.8) is 0 Å². The number of thioether (sulfide) groups is 1. The van der Waals surface area contributed by atoms with Crippen molar-refractivity contribution in [3.8, 4) is 10.4 Å². The minimum Gasteiger partial charge on any atom is -0.308 e. The Hall–Kier alpha value is -2.04. The van der Waals surface area contributed by atoms with Crippen LogP contribution in [0.5, 0.6) is 0 Å². The van der Waals surface area contributed by atoms with Gasteiger partial charge in [0.2, 0.25) is 0 Å². The van der Waals surface area contributed by atoms with Gasteiger partial charge < -0.3 is 4.90 Å². The highest BCUT2D eigenvalue weighted by atomic mass is 32.2. The number of carbonyl (C=O) groups excluding carboxylic acids is 1. The molecule has 4 rings (SSSR count). The number of rotatable bonds is 5. The van der Waals surface area contributed by atoms with E-state index in [0.717, 1.165) is 29.3 Å². The Bertz CT molecular complexity index is 988. The van der Waals surface area contributed by atoms with Crippen LogP contribution in [0.3, 0.4) is 0 Å². The summed E-state index contributed by atoms with van der Waals surface area (Å²) in [5, 5.41) is 0. The smallest absolute Gasteiger partial charge is 0.268 e. The molecule has 0 fully saturated rings. The quantitative estimate of drug-likeness (QED) is 0.446. The Morgan fingerprint density at radius 2 is 1.86 bits per heavy atom. The number of thiophene rings is 1. The van der Waals surface area contributed by atoms with E-state index < -0.39 is 0 Å². The van der Waals surface area contributed by atoms with Gasteiger partial charge >= 0.3 is 0 Å². The first kappa shape index (κ1) is 19.3. The lowest BCUT2D eigenvalue weighted by Crippen LogP contribution is -2.31. The van der Waals surface area contributed by atoms with E-state index in [0.29, 0.717) is 5.92 Å². The molecule has 0 spiro atoms. The summed E-state index contributed by atoms with van der Waals surface area (Å²) in [5.74, 6) is 1.54. The Labute approximate surface area is 175 Å². The first-order valence-corrected chi connectivity index (χ1v) is 11.7. The maximum Gasteiger partial charge on any atom is 0.268 e. The van der Waals surface area contributed by atoms with Crippen LogP contribution in [0.25, 0.3) is 10.4 Å². The minimum atomic E-state index is 0.112. The van der Waals surface area contributed by atoms with Gasteiger partial charge in [0.15, 0.2) is 0 Å². The van der Waals surface area contributed by atoms with Crippen LogP contribution in [-0.2, 0) is 5.75 Å². The average Bonchev–Trinajstić information content (AvgIpc) is 3.16. The number of nitrogens with zero attached hydrogens (tertiary/aromatic N) is 1. The van der Waals surface area contributed by atoms with E-state index in [-0.39, 0.29) is 5.91 Å². The molecular weight excluding hydrogens is 382 g/mol. The van der Waals surface area contributed by atoms with Crippen molar-refractivity contribution in [1.82, 2.24) is 0 Å². The largest absolute Gasteiger partial charge is 0.308 e. The Balaban J connectivity index is 1.66. The highest BCUT2D eigenvalue weighted by Gasteiger charge is 2.25. The van der Waals surface area contributed by atoms with E-state index in [1.54, 1.807) is 11.3 Å². The molecule has 0 saturated heterocycles. The predicted molar refractivity (Wildman–Crippen MR) is 122 cm³/mol. The summed E-state index contributed by atoms with van der Waals surface area (Å²) in [6.07, 6.45) is 0.932. The van der Waals surface area contributed by atoms with Crippen molar-refractivity contribution in [3.05, 3.63) is 70.6 Å². The number of anilines is 1. The second-order valence-corrected chi connectivity index (χ2v) is 9.52. The second kappa shape index (κ2) is 8.14. The van der Waals surface area contributed by atoms with Crippen molar-refractivity contribution in [2.45, 2.75) is 43.8 Å². The number of hydrogen-bond donors (Lipinski definition) is 0. The molecule has 0 atom stereocenters. The summed E-state index contributed by atoms with van der Waals surface area (Å²) in [6, 6.07) is 19.1. The first-order valence-electron chi connectivity index (χ1n) is 9.85. The molecule has 1 aromatic heterocycles. The first-order chi connectivity index (χ1) is 13.6. The number of amides is 1. The maximum atomic E-state index is 13.4. The van der Waals surface area contributed by atoms with E-state index in [1.807, 2.05) is 16.7 Å². The zero-order valence-electron chi connectivity index (χ0n) is 16.6. The summed E-state index contributed by atoms with van der Waals surface area (Å²) in [6.45, 7) is 7.23. The fourth-order valence-corrected chi connectivity index (χ4v) is 5.91. The number of benzene rings is 2. The lowest BCUT2D eigenvalue weighted by molar-refractivity contribution is 0.0990. The molecule has 28 heavy (non-hydrogen) atoms. The molecule has 2 nitrogen and oxygen atoms in total. The molecule has 2 heterocycles. The van der Waals surface area contributed by atoms with Crippen molar-refractivity contribution in [1.29, 1.82) is 0 Å². The van der Waals surface area contributed by atoms with Crippen LogP contribution in [-0.4, -0.2) is 12.5 Å². The van der Waals surface area contributed by atoms with E-state index in [2.05, 4.69) is 75.4 Å². The summed E-state index contributed by atoms with van der Waals surface area (Å²) in [5.41, 5.74) is 4.83. The Morgan fingerprint density at radius 1 is 1.11 bits per heavy atom. The number of hydrogen-bond acceptors (Lipinski definition) is 3. The number of carbonyl (C=O) groups is 1. The molecule has 1 aliphatic heterocycles. The average molecular weight is 408 g/mol. The molecule has 144 valence electrons. The van der Waals surface area contributed by atoms with Gasteiger partial charge in [-0.1, -0.05) is 51.1 Å². The Kier molecular flexibility index (Phi) is 5.61. The molecule has 0 N–H and O–H groups in total. The van der Waals surface area contributed by atoms with Crippen molar-refractivity contribution in [2.75, 3.05) is 11.4 Å². The van der Waals surface area contributed by atoms with Gasteiger partial charge in [0.1, 0.15) is 0 Å². The summed E-state index contributed by atoms with van der Waals surface area (Å²) >= 11 is 3.50. The molecule has 0 unspecified atom stereocenters. The topological polar surface area (TPSA) is 20.3 Å². The molecule has 4 heteroatoms. The van der Waals surface area contributed by atoms with Crippen LogP contribution in [0.4, 0.5) is 5.69 Å². The molecule has 0 aliphatic carbocycles. The van der Waals surface area contributed by atoms with Gasteiger partial charge in [0.05, 0.1) is 4.88 Å². The van der Waals surface area contributed by atoms with Crippen molar-refractivity contribution in [2.24, 2.45) is 0 Å². The van der Waals surface area contributed by atoms with Gasteiger partial charge in [0.25, 0.3) is 5.91 Å². The fourth-order valence-electron chi connectivity index (χ4n) is 3.55. The third-order valence-electron chi connectivity index (χ3n) is 5.10. The highest BCUT2D eigenvalue weighted by Crippen LogP contribution is 2.45. The molecule has 0 radical (unpaired) electrons. The molecule has 3 aromatic rings. The molecule has 1 aliphatic rings. The summed E-state index contributed by atoms with van der Waals surface area (Å²) in [4.78, 5) is 18.7. The predicted octanol–water partition coefficient (Wildman–Crippen LogP) is 7.20. The van der Waals surface area contributed by atoms with Crippen LogP contribution in [0, 0.1) is 0 Å². The monoisotopic (exact) mass is 407 g/mol. The van der Waals surface area contributed by atoms with E-state index in [1.165, 1.54) is 26.5 Å². The van der Waals surface area contributed by atoms with Crippen LogP contribution >= 0.6 is 23.1 Å². The van der Waals surface area contributed by atoms with Crippen LogP contribution < -0.4 is 4.90 Å². The zero-order valence-corrected chi connectivity index (χ0v) is 18.2. The zero-order chi connectivity index (χ0) is 19.7. The summed E-state index contributed by atoms with van der Waals surface area (Å²) < 4.78 is 0. The van der Waals surface area contributed by atoms with E-state index >= 15 is 0 Å². The van der Waals surface area contributed by atoms with Gasteiger partial charge in [-0.15, -0.1) is 23.1 Å². The lowest BCUT2D eigenvalue weighted by Gasteiger charge is -2.22. The lowest BCUT2D eigenvalue weighted by atomic mass is 10.0. The van der Waals surface area contributed by atoms with E-state index in [4.69, 9.17) is 0 Å². The van der Waals surface area contributed by atoms with Gasteiger partial charge in [-0.2, -0.15) is 0 Å². The molecule has 0 saturated carbocycles. The standard InChI is InChI=1S/C24H25NOS2/c1-4-13-25(19-11-9-17(10-12-19)16(2)3)24(26)22-14-18-15-27-21-8-6-5-7-20(21)23(18)28-22/h5-12,14,16H,4,13,15H2,1-3H3. The van der Waals surface area contributed by atoms with Crippen LogP contribution in [0.2, 0.25) is 0 Å². The van der Waals surface area contributed by atoms with Crippen molar-refractivity contribution >= 4 is 34.7 Å². The van der Waals surface area contributed by atoms with Gasteiger partial charge in [-0.25, -0.2) is 0 Å². The molecular formula is C24H25NOS2. The minimum absolute atomic E-state index is 0.112. The van der Waals surface area contributed by atoms with Gasteiger partial charge in [-0.3, -0.25) is 4.79 Å². The number of fused-ring (bicyclic) bond motifs is 3. The Morgan fingerprint density at radius 3 is 2.57 bits per heavy atom. The SMILES string of the molecule is CCCN(C(=O)c1cc2c(s1)-c1ccccc1SC2)c1ccc(C(C)C)cc1. The third kappa shape index (κ3) is 3.63. The highest BCUT2D eigenvalue weighted by molar-refractivity contribution is 7.98. The summed E-state index contributed by atoms with van der Waals surface area (Å²) in [7, 11) is 0.